The number of rotatable bonds is 3. The quantitative estimate of drug-likeness (QED) is 0.602. The fourth-order valence-electron chi connectivity index (χ4n) is 1.88. The van der Waals surface area contributed by atoms with E-state index >= 15 is 0 Å². The van der Waals surface area contributed by atoms with Crippen molar-refractivity contribution in [1.29, 1.82) is 5.41 Å². The smallest absolute Gasteiger partial charge is 0.410 e. The third kappa shape index (κ3) is 4.93. The molecule has 1 heterocycles. The predicted molar refractivity (Wildman–Crippen MR) is 80.2 cm³/mol. The number of ether oxygens (including phenoxy) is 1. The number of nitrogens with zero attached hydrogens (tertiary/aromatic N) is 2. The zero-order valence-electron chi connectivity index (χ0n) is 12.5. The maximum absolute atomic E-state index is 11.9. The Morgan fingerprint density at radius 3 is 2.05 bits per heavy atom. The Morgan fingerprint density at radius 1 is 1.19 bits per heavy atom. The van der Waals surface area contributed by atoms with Crippen molar-refractivity contribution in [2.45, 2.75) is 26.4 Å². The van der Waals surface area contributed by atoms with Gasteiger partial charge >= 0.3 is 6.09 Å². The van der Waals surface area contributed by atoms with Gasteiger partial charge in [-0.25, -0.2) is 4.79 Å². The summed E-state index contributed by atoms with van der Waals surface area (Å²) in [7, 11) is 0. The van der Waals surface area contributed by atoms with Crippen molar-refractivity contribution in [1.82, 2.24) is 9.80 Å². The second-order valence-electron chi connectivity index (χ2n) is 5.66. The molecule has 1 rings (SSSR count). The third-order valence-corrected chi connectivity index (χ3v) is 3.23. The summed E-state index contributed by atoms with van der Waals surface area (Å²) in [5.74, 6) is -0.773. The summed E-state index contributed by atoms with van der Waals surface area (Å²) in [6.45, 7) is 7.18. The lowest BCUT2D eigenvalue weighted by atomic mass is 10.2. The van der Waals surface area contributed by atoms with E-state index in [1.54, 1.807) is 9.80 Å². The number of hydrogen-bond acceptors (Lipinski definition) is 5. The van der Waals surface area contributed by atoms with Crippen LogP contribution in [0.1, 0.15) is 20.8 Å². The molecule has 7 nitrogen and oxygen atoms in total. The van der Waals surface area contributed by atoms with Crippen LogP contribution in [0.25, 0.3) is 0 Å². The molecule has 0 aromatic carbocycles. The van der Waals surface area contributed by atoms with E-state index in [2.05, 4.69) is 0 Å². The minimum Gasteiger partial charge on any atom is -0.444 e. The number of amides is 2. The lowest BCUT2D eigenvalue weighted by Gasteiger charge is -2.37. The molecule has 2 amide bonds. The van der Waals surface area contributed by atoms with Gasteiger partial charge in [-0.05, 0) is 20.8 Å². The number of halogens is 1. The maximum Gasteiger partial charge on any atom is 0.410 e. The normalized spacial score (nSPS) is 17.1. The van der Waals surface area contributed by atoms with Crippen molar-refractivity contribution in [3.63, 3.8) is 0 Å². The Kier molecular flexibility index (Phi) is 5.60. The first-order valence-corrected chi connectivity index (χ1v) is 6.96. The van der Waals surface area contributed by atoms with Crippen LogP contribution in [0.15, 0.2) is 10.7 Å². The molecule has 1 aliphatic rings. The highest BCUT2D eigenvalue weighted by Gasteiger charge is 2.27. The largest absolute Gasteiger partial charge is 0.444 e. The van der Waals surface area contributed by atoms with Crippen molar-refractivity contribution < 1.29 is 14.3 Å². The number of carbonyl (C=O) groups is 2. The number of nitrogens with two attached hydrogens (primary N) is 1. The molecule has 0 aromatic rings. The first-order valence-electron chi connectivity index (χ1n) is 6.58. The van der Waals surface area contributed by atoms with Gasteiger partial charge in [0.25, 0.3) is 5.91 Å². The molecule has 0 radical (unpaired) electrons. The van der Waals surface area contributed by atoms with Gasteiger partial charge in [0, 0.05) is 32.4 Å². The van der Waals surface area contributed by atoms with Gasteiger partial charge in [0.15, 0.2) is 0 Å². The van der Waals surface area contributed by atoms with Crippen LogP contribution in [0.3, 0.4) is 0 Å². The highest BCUT2D eigenvalue weighted by Crippen LogP contribution is 2.17. The fourth-order valence-corrected chi connectivity index (χ4v) is 2.05. The molecule has 0 saturated carbocycles. The lowest BCUT2D eigenvalue weighted by molar-refractivity contribution is -0.114. The van der Waals surface area contributed by atoms with E-state index in [0.29, 0.717) is 26.2 Å². The predicted octanol–water partition coefficient (Wildman–Crippen LogP) is 1.12. The summed E-state index contributed by atoms with van der Waals surface area (Å²) in [5, 5.41) is 7.18. The standard InChI is InChI=1S/C13H21ClN4O3/c1-13(2,3)21-12(20)18-6-4-17(5-7-18)9(8-15)10(14)11(16)19/h8,15H,4-7H2,1-3H3,(H2,16,19)/b10-9-,15-8?. The summed E-state index contributed by atoms with van der Waals surface area (Å²) in [6.07, 6.45) is 0.625. The van der Waals surface area contributed by atoms with Gasteiger partial charge in [-0.1, -0.05) is 11.6 Å². The first kappa shape index (κ1) is 17.3. The Balaban J connectivity index is 2.67. The summed E-state index contributed by atoms with van der Waals surface area (Å²) >= 11 is 5.81. The van der Waals surface area contributed by atoms with E-state index in [1.165, 1.54) is 0 Å². The van der Waals surface area contributed by atoms with E-state index in [1.807, 2.05) is 20.8 Å². The minimum absolute atomic E-state index is 0.171. The fraction of sp³-hybridized carbons (Fsp3) is 0.615. The zero-order chi connectivity index (χ0) is 16.2. The second kappa shape index (κ2) is 6.80. The molecule has 8 heteroatoms. The topological polar surface area (TPSA) is 99.7 Å². The second-order valence-corrected chi connectivity index (χ2v) is 6.04. The van der Waals surface area contributed by atoms with Crippen molar-refractivity contribution in [2.75, 3.05) is 26.2 Å². The van der Waals surface area contributed by atoms with Crippen LogP contribution < -0.4 is 5.73 Å². The van der Waals surface area contributed by atoms with Gasteiger partial charge in [0.05, 0.1) is 5.70 Å². The van der Waals surface area contributed by atoms with E-state index < -0.39 is 11.5 Å². The summed E-state index contributed by atoms with van der Waals surface area (Å²) < 4.78 is 5.30. The van der Waals surface area contributed by atoms with Gasteiger partial charge in [-0.2, -0.15) is 0 Å². The van der Waals surface area contributed by atoms with Crippen LogP contribution >= 0.6 is 11.6 Å². The van der Waals surface area contributed by atoms with Crippen molar-refractivity contribution >= 4 is 29.8 Å². The summed E-state index contributed by atoms with van der Waals surface area (Å²) in [6, 6.07) is 0. The number of hydrogen-bond donors (Lipinski definition) is 2. The molecule has 3 N–H and O–H groups in total. The van der Waals surface area contributed by atoms with E-state index in [4.69, 9.17) is 27.5 Å². The molecular weight excluding hydrogens is 296 g/mol. The number of nitrogens with one attached hydrogen (secondary N) is 1. The van der Waals surface area contributed by atoms with E-state index in [0.717, 1.165) is 6.21 Å². The third-order valence-electron chi connectivity index (χ3n) is 2.85. The Bertz CT molecular complexity index is 463. The summed E-state index contributed by atoms with van der Waals surface area (Å²) in [5.41, 5.74) is 4.85. The van der Waals surface area contributed by atoms with Gasteiger partial charge < -0.3 is 25.7 Å². The molecule has 0 unspecified atom stereocenters. The highest BCUT2D eigenvalue weighted by atomic mass is 35.5. The van der Waals surface area contributed by atoms with Gasteiger partial charge in [-0.15, -0.1) is 0 Å². The molecule has 0 aliphatic carbocycles. The van der Waals surface area contributed by atoms with Crippen LogP contribution in [0.4, 0.5) is 4.79 Å². The molecule has 1 fully saturated rings. The van der Waals surface area contributed by atoms with Gasteiger partial charge in [-0.3, -0.25) is 4.79 Å². The molecule has 1 saturated heterocycles. The molecule has 0 bridgehead atoms. The molecular formula is C13H21ClN4O3. The highest BCUT2D eigenvalue weighted by molar-refractivity contribution is 6.43. The van der Waals surface area contributed by atoms with Crippen LogP contribution in [0.5, 0.6) is 0 Å². The number of piperazine rings is 1. The van der Waals surface area contributed by atoms with Crippen LogP contribution in [0, 0.1) is 5.41 Å². The first-order chi connectivity index (χ1) is 9.65. The average Bonchev–Trinajstić information content (AvgIpc) is 2.38. The molecule has 118 valence electrons. The zero-order valence-corrected chi connectivity index (χ0v) is 13.2. The van der Waals surface area contributed by atoms with Gasteiger partial charge in [0.2, 0.25) is 0 Å². The minimum atomic E-state index is -0.773. The molecule has 0 aromatic heterocycles. The molecule has 0 atom stereocenters. The maximum atomic E-state index is 11.9. The molecule has 1 aliphatic heterocycles. The number of primary amides is 1. The van der Waals surface area contributed by atoms with E-state index in [9.17, 15) is 9.59 Å². The lowest BCUT2D eigenvalue weighted by Crippen LogP contribution is -2.50. The average molecular weight is 317 g/mol. The Hall–Kier alpha value is -1.76. The van der Waals surface area contributed by atoms with Crippen molar-refractivity contribution in [2.24, 2.45) is 5.73 Å². The van der Waals surface area contributed by atoms with Crippen molar-refractivity contribution in [3.8, 4) is 0 Å². The monoisotopic (exact) mass is 316 g/mol. The van der Waals surface area contributed by atoms with Crippen molar-refractivity contribution in [3.05, 3.63) is 10.7 Å². The molecule has 0 spiro atoms. The van der Waals surface area contributed by atoms with Gasteiger partial charge in [0.1, 0.15) is 10.6 Å². The van der Waals surface area contributed by atoms with Crippen LogP contribution in [-0.2, 0) is 9.53 Å². The SMILES string of the molecule is CC(C)(C)OC(=O)N1CCN(/C(C=N)=C(\Cl)C(N)=O)CC1. The van der Waals surface area contributed by atoms with Crippen LogP contribution in [-0.4, -0.2) is 59.8 Å². The number of allylic oxidation sites excluding steroid dienone is 1. The van der Waals surface area contributed by atoms with Crippen LogP contribution in [0.2, 0.25) is 0 Å². The Labute approximate surface area is 129 Å². The Morgan fingerprint density at radius 2 is 1.67 bits per heavy atom. The number of carbonyl (C=O) groups excluding carboxylic acids is 2. The molecule has 21 heavy (non-hydrogen) atoms. The van der Waals surface area contributed by atoms with E-state index in [-0.39, 0.29) is 16.8 Å². The summed E-state index contributed by atoms with van der Waals surface area (Å²) in [4.78, 5) is 26.4.